The molecule has 0 radical (unpaired) electrons. The number of hydrogen-bond donors (Lipinski definition) is 1. The largest absolute Gasteiger partial charge is 0.375 e. The molecular weight excluding hydrogens is 220 g/mol. The molecule has 0 fully saturated rings. The fraction of sp³-hybridized carbons (Fsp3) is 0.625. The van der Waals surface area contributed by atoms with Gasteiger partial charge in [0.15, 0.2) is 0 Å². The van der Waals surface area contributed by atoms with Crippen LogP contribution in [0.1, 0.15) is 39.2 Å². The maximum Gasteiger partial charge on any atom is 0.0363 e. The van der Waals surface area contributed by atoms with Crippen molar-refractivity contribution >= 4 is 5.69 Å². The molecule has 1 aromatic carbocycles. The Hall–Kier alpha value is -1.02. The van der Waals surface area contributed by atoms with Crippen LogP contribution in [0.15, 0.2) is 24.3 Å². The summed E-state index contributed by atoms with van der Waals surface area (Å²) in [6.45, 7) is 8.84. The molecule has 1 aromatic rings. The van der Waals surface area contributed by atoms with Gasteiger partial charge in [-0.05, 0) is 43.5 Å². The minimum atomic E-state index is 0.601. The Morgan fingerprint density at radius 2 is 1.78 bits per heavy atom. The molecule has 18 heavy (non-hydrogen) atoms. The van der Waals surface area contributed by atoms with E-state index in [9.17, 15) is 0 Å². The summed E-state index contributed by atoms with van der Waals surface area (Å²) in [5.74, 6) is 0. The van der Waals surface area contributed by atoms with Crippen molar-refractivity contribution < 1.29 is 0 Å². The molecule has 1 rings (SSSR count). The van der Waals surface area contributed by atoms with E-state index < -0.39 is 0 Å². The second-order valence-electron chi connectivity index (χ2n) is 5.26. The van der Waals surface area contributed by atoms with Gasteiger partial charge < -0.3 is 10.2 Å². The first-order valence-corrected chi connectivity index (χ1v) is 7.17. The monoisotopic (exact) mass is 248 g/mol. The Balaban J connectivity index is 2.25. The summed E-state index contributed by atoms with van der Waals surface area (Å²) < 4.78 is 0. The van der Waals surface area contributed by atoms with Crippen molar-refractivity contribution in [1.29, 1.82) is 0 Å². The second-order valence-corrected chi connectivity index (χ2v) is 5.26. The van der Waals surface area contributed by atoms with Crippen LogP contribution in [0, 0.1) is 0 Å². The van der Waals surface area contributed by atoms with E-state index in [0.717, 1.165) is 19.5 Å². The van der Waals surface area contributed by atoms with E-state index in [2.05, 4.69) is 62.3 Å². The molecule has 0 spiro atoms. The summed E-state index contributed by atoms with van der Waals surface area (Å²) >= 11 is 0. The summed E-state index contributed by atoms with van der Waals surface area (Å²) in [6.07, 6.45) is 3.60. The molecule has 0 bridgehead atoms. The van der Waals surface area contributed by atoms with Gasteiger partial charge in [0.2, 0.25) is 0 Å². The van der Waals surface area contributed by atoms with Gasteiger partial charge in [0.25, 0.3) is 0 Å². The lowest BCUT2D eigenvalue weighted by molar-refractivity contribution is 0.557. The van der Waals surface area contributed by atoms with Crippen LogP contribution in [0.25, 0.3) is 0 Å². The van der Waals surface area contributed by atoms with E-state index in [1.807, 2.05) is 0 Å². The van der Waals surface area contributed by atoms with Gasteiger partial charge in [-0.1, -0.05) is 32.9 Å². The lowest BCUT2D eigenvalue weighted by atomic mass is 10.1. The molecular formula is C16H28N2. The van der Waals surface area contributed by atoms with E-state index in [1.165, 1.54) is 24.1 Å². The van der Waals surface area contributed by atoms with Gasteiger partial charge in [-0.2, -0.15) is 0 Å². The normalized spacial score (nSPS) is 10.9. The minimum absolute atomic E-state index is 0.601. The highest BCUT2D eigenvalue weighted by molar-refractivity contribution is 5.46. The van der Waals surface area contributed by atoms with Crippen LogP contribution in [-0.4, -0.2) is 26.2 Å². The van der Waals surface area contributed by atoms with Crippen LogP contribution in [-0.2, 0) is 6.42 Å². The second kappa shape index (κ2) is 8.15. The standard InChI is InChI=1S/C16H28N2/c1-5-15-8-10-16(11-9-15)18(4)13-7-6-12-17-14(2)3/h8-11,14,17H,5-7,12-13H2,1-4H3. The van der Waals surface area contributed by atoms with E-state index in [0.29, 0.717) is 6.04 Å². The number of aryl methyl sites for hydroxylation is 1. The quantitative estimate of drug-likeness (QED) is 0.709. The molecule has 0 saturated carbocycles. The van der Waals surface area contributed by atoms with Crippen molar-refractivity contribution in [1.82, 2.24) is 5.32 Å². The fourth-order valence-corrected chi connectivity index (χ4v) is 1.98. The minimum Gasteiger partial charge on any atom is -0.375 e. The summed E-state index contributed by atoms with van der Waals surface area (Å²) in [6, 6.07) is 9.51. The Morgan fingerprint density at radius 1 is 1.11 bits per heavy atom. The van der Waals surface area contributed by atoms with Crippen molar-refractivity contribution in [2.75, 3.05) is 25.0 Å². The summed E-state index contributed by atoms with van der Waals surface area (Å²) in [4.78, 5) is 2.34. The van der Waals surface area contributed by atoms with Crippen LogP contribution in [0.2, 0.25) is 0 Å². The third kappa shape index (κ3) is 5.54. The molecule has 1 N–H and O–H groups in total. The van der Waals surface area contributed by atoms with Crippen molar-refractivity contribution in [2.45, 2.75) is 46.1 Å². The Kier molecular flexibility index (Phi) is 6.81. The van der Waals surface area contributed by atoms with E-state index >= 15 is 0 Å². The lowest BCUT2D eigenvalue weighted by Gasteiger charge is -2.19. The maximum atomic E-state index is 3.46. The summed E-state index contributed by atoms with van der Waals surface area (Å²) in [5.41, 5.74) is 2.73. The predicted molar refractivity (Wildman–Crippen MR) is 81.5 cm³/mol. The van der Waals surface area contributed by atoms with Gasteiger partial charge in [-0.25, -0.2) is 0 Å². The van der Waals surface area contributed by atoms with Crippen LogP contribution < -0.4 is 10.2 Å². The number of anilines is 1. The molecule has 2 nitrogen and oxygen atoms in total. The van der Waals surface area contributed by atoms with Crippen LogP contribution in [0.5, 0.6) is 0 Å². The molecule has 0 unspecified atom stereocenters. The molecule has 0 amide bonds. The first-order valence-electron chi connectivity index (χ1n) is 7.17. The third-order valence-corrected chi connectivity index (χ3v) is 3.26. The predicted octanol–water partition coefficient (Wildman–Crippen LogP) is 3.46. The molecule has 0 aliphatic carbocycles. The van der Waals surface area contributed by atoms with Gasteiger partial charge in [0.1, 0.15) is 0 Å². The molecule has 102 valence electrons. The lowest BCUT2D eigenvalue weighted by Crippen LogP contribution is -2.25. The SMILES string of the molecule is CCc1ccc(N(C)CCCCNC(C)C)cc1. The highest BCUT2D eigenvalue weighted by Crippen LogP contribution is 2.14. The van der Waals surface area contributed by atoms with Crippen molar-refractivity contribution in [3.05, 3.63) is 29.8 Å². The van der Waals surface area contributed by atoms with Gasteiger partial charge in [0.05, 0.1) is 0 Å². The van der Waals surface area contributed by atoms with Crippen molar-refractivity contribution in [3.63, 3.8) is 0 Å². The number of rotatable bonds is 8. The van der Waals surface area contributed by atoms with E-state index in [1.54, 1.807) is 0 Å². The van der Waals surface area contributed by atoms with Crippen molar-refractivity contribution in [2.24, 2.45) is 0 Å². The molecule has 2 heteroatoms. The zero-order valence-electron chi connectivity index (χ0n) is 12.4. The highest BCUT2D eigenvalue weighted by atomic mass is 15.1. The smallest absolute Gasteiger partial charge is 0.0363 e. The van der Waals surface area contributed by atoms with Crippen LogP contribution in [0.3, 0.4) is 0 Å². The Labute approximate surface area is 112 Å². The summed E-state index contributed by atoms with van der Waals surface area (Å²) in [5, 5.41) is 3.46. The van der Waals surface area contributed by atoms with E-state index in [4.69, 9.17) is 0 Å². The zero-order valence-corrected chi connectivity index (χ0v) is 12.4. The zero-order chi connectivity index (χ0) is 13.4. The third-order valence-electron chi connectivity index (χ3n) is 3.26. The van der Waals surface area contributed by atoms with Gasteiger partial charge in [-0.3, -0.25) is 0 Å². The topological polar surface area (TPSA) is 15.3 Å². The average Bonchev–Trinajstić information content (AvgIpc) is 2.38. The molecule has 0 saturated heterocycles. The molecule has 0 atom stereocenters. The highest BCUT2D eigenvalue weighted by Gasteiger charge is 2.00. The molecule has 0 aliphatic heterocycles. The first kappa shape index (κ1) is 15.0. The Bertz CT molecular complexity index is 316. The first-order chi connectivity index (χ1) is 8.63. The van der Waals surface area contributed by atoms with Gasteiger partial charge in [-0.15, -0.1) is 0 Å². The van der Waals surface area contributed by atoms with Gasteiger partial charge in [0, 0.05) is 25.3 Å². The van der Waals surface area contributed by atoms with Crippen molar-refractivity contribution in [3.8, 4) is 0 Å². The number of nitrogens with zero attached hydrogens (tertiary/aromatic N) is 1. The summed E-state index contributed by atoms with van der Waals surface area (Å²) in [7, 11) is 2.18. The maximum absolute atomic E-state index is 3.46. The fourth-order valence-electron chi connectivity index (χ4n) is 1.98. The molecule has 0 aromatic heterocycles. The number of benzene rings is 1. The molecule has 0 heterocycles. The van der Waals surface area contributed by atoms with Crippen LogP contribution in [0.4, 0.5) is 5.69 Å². The van der Waals surface area contributed by atoms with E-state index in [-0.39, 0.29) is 0 Å². The van der Waals surface area contributed by atoms with Crippen LogP contribution >= 0.6 is 0 Å². The van der Waals surface area contributed by atoms with Gasteiger partial charge >= 0.3 is 0 Å². The molecule has 0 aliphatic rings. The number of hydrogen-bond acceptors (Lipinski definition) is 2. The number of unbranched alkanes of at least 4 members (excludes halogenated alkanes) is 1. The Morgan fingerprint density at radius 3 is 2.33 bits per heavy atom. The number of nitrogens with one attached hydrogen (secondary N) is 1. The average molecular weight is 248 g/mol.